The number of benzene rings is 1. The molecule has 3 nitrogen and oxygen atoms in total. The fourth-order valence-electron chi connectivity index (χ4n) is 2.13. The van der Waals surface area contributed by atoms with Crippen molar-refractivity contribution in [3.05, 3.63) is 51.9 Å². The molecule has 3 aromatic rings. The van der Waals surface area contributed by atoms with Gasteiger partial charge in [-0.05, 0) is 48.2 Å². The van der Waals surface area contributed by atoms with E-state index in [1.165, 1.54) is 0 Å². The Labute approximate surface area is 124 Å². The molecule has 5 heteroatoms. The summed E-state index contributed by atoms with van der Waals surface area (Å²) >= 11 is 7.49. The number of pyridine rings is 1. The van der Waals surface area contributed by atoms with Gasteiger partial charge in [0.2, 0.25) is 0 Å². The number of hydrogen-bond donors (Lipinski definition) is 1. The normalized spacial score (nSPS) is 10.9. The number of fused-ring (bicyclic) bond motifs is 1. The van der Waals surface area contributed by atoms with Crippen molar-refractivity contribution in [2.45, 2.75) is 6.92 Å². The third-order valence-electron chi connectivity index (χ3n) is 3.10. The summed E-state index contributed by atoms with van der Waals surface area (Å²) in [4.78, 5) is 17.0. The van der Waals surface area contributed by atoms with Gasteiger partial charge in [0.25, 0.3) is 0 Å². The highest BCUT2D eigenvalue weighted by Gasteiger charge is 2.14. The SMILES string of the molecule is Cc1ccsc1-c1cc(C(=O)O)c2cc(Cl)ccc2n1. The molecule has 2 aromatic heterocycles. The molecule has 0 fully saturated rings. The second-order valence-electron chi connectivity index (χ2n) is 4.45. The van der Waals surface area contributed by atoms with Crippen molar-refractivity contribution in [2.75, 3.05) is 0 Å². The molecule has 2 heterocycles. The largest absolute Gasteiger partial charge is 0.478 e. The number of aromatic carboxylic acids is 1. The Morgan fingerprint density at radius 3 is 2.75 bits per heavy atom. The first kappa shape index (κ1) is 13.1. The highest BCUT2D eigenvalue weighted by atomic mass is 35.5. The van der Waals surface area contributed by atoms with Crippen LogP contribution in [0.2, 0.25) is 5.02 Å². The number of halogens is 1. The predicted molar refractivity (Wildman–Crippen MR) is 81.8 cm³/mol. The molecular formula is C15H10ClNO2S. The summed E-state index contributed by atoms with van der Waals surface area (Å²) in [7, 11) is 0. The Morgan fingerprint density at radius 2 is 2.10 bits per heavy atom. The fourth-order valence-corrected chi connectivity index (χ4v) is 3.19. The van der Waals surface area contributed by atoms with Crippen LogP contribution in [0, 0.1) is 6.92 Å². The van der Waals surface area contributed by atoms with Crippen LogP contribution < -0.4 is 0 Å². The van der Waals surface area contributed by atoms with E-state index in [0.29, 0.717) is 21.6 Å². The summed E-state index contributed by atoms with van der Waals surface area (Å²) < 4.78 is 0. The molecule has 0 aliphatic rings. The van der Waals surface area contributed by atoms with Gasteiger partial charge in [-0.15, -0.1) is 11.3 Å². The molecule has 0 radical (unpaired) electrons. The minimum atomic E-state index is -0.977. The van der Waals surface area contributed by atoms with Gasteiger partial charge >= 0.3 is 5.97 Å². The van der Waals surface area contributed by atoms with Crippen LogP contribution in [-0.4, -0.2) is 16.1 Å². The second-order valence-corrected chi connectivity index (χ2v) is 5.81. The minimum absolute atomic E-state index is 0.223. The zero-order valence-electron chi connectivity index (χ0n) is 10.6. The average molecular weight is 304 g/mol. The third-order valence-corrected chi connectivity index (χ3v) is 4.37. The van der Waals surface area contributed by atoms with Crippen molar-refractivity contribution < 1.29 is 9.90 Å². The number of carbonyl (C=O) groups is 1. The van der Waals surface area contributed by atoms with Crippen molar-refractivity contribution in [3.8, 4) is 10.6 Å². The Morgan fingerprint density at radius 1 is 1.30 bits per heavy atom. The van der Waals surface area contributed by atoms with E-state index in [2.05, 4.69) is 4.98 Å². The monoisotopic (exact) mass is 303 g/mol. The highest BCUT2D eigenvalue weighted by molar-refractivity contribution is 7.13. The lowest BCUT2D eigenvalue weighted by Gasteiger charge is -2.07. The molecule has 3 rings (SSSR count). The molecule has 0 aliphatic carbocycles. The minimum Gasteiger partial charge on any atom is -0.478 e. The van der Waals surface area contributed by atoms with E-state index in [4.69, 9.17) is 11.6 Å². The topological polar surface area (TPSA) is 50.2 Å². The van der Waals surface area contributed by atoms with Crippen molar-refractivity contribution in [2.24, 2.45) is 0 Å². The van der Waals surface area contributed by atoms with Crippen LogP contribution in [0.15, 0.2) is 35.7 Å². The maximum Gasteiger partial charge on any atom is 0.336 e. The second kappa shape index (κ2) is 4.89. The zero-order chi connectivity index (χ0) is 14.3. The van der Waals surface area contributed by atoms with E-state index in [-0.39, 0.29) is 5.56 Å². The number of carboxylic acid groups (broad SMARTS) is 1. The van der Waals surface area contributed by atoms with E-state index in [0.717, 1.165) is 10.4 Å². The van der Waals surface area contributed by atoms with E-state index in [9.17, 15) is 9.90 Å². The molecule has 0 atom stereocenters. The fraction of sp³-hybridized carbons (Fsp3) is 0.0667. The van der Waals surface area contributed by atoms with Gasteiger partial charge in [0.1, 0.15) is 0 Å². The van der Waals surface area contributed by atoms with Crippen molar-refractivity contribution in [3.63, 3.8) is 0 Å². The van der Waals surface area contributed by atoms with Crippen molar-refractivity contribution >= 4 is 39.8 Å². The first-order valence-electron chi connectivity index (χ1n) is 5.94. The number of carboxylic acids is 1. The van der Waals surface area contributed by atoms with Gasteiger partial charge in [0, 0.05) is 10.4 Å². The van der Waals surface area contributed by atoms with Gasteiger partial charge in [-0.25, -0.2) is 9.78 Å². The molecule has 0 bridgehead atoms. The first-order valence-corrected chi connectivity index (χ1v) is 7.20. The van der Waals surface area contributed by atoms with Crippen LogP contribution in [0.5, 0.6) is 0 Å². The van der Waals surface area contributed by atoms with Crippen LogP contribution in [0.4, 0.5) is 0 Å². The summed E-state index contributed by atoms with van der Waals surface area (Å²) in [5, 5.41) is 12.4. The predicted octanol–water partition coefficient (Wildman–Crippen LogP) is 4.62. The number of nitrogens with zero attached hydrogens (tertiary/aromatic N) is 1. The maximum absolute atomic E-state index is 11.5. The molecular weight excluding hydrogens is 294 g/mol. The Kier molecular flexibility index (Phi) is 3.20. The summed E-state index contributed by atoms with van der Waals surface area (Å²) in [5.41, 5.74) is 2.63. The van der Waals surface area contributed by atoms with E-state index < -0.39 is 5.97 Å². The van der Waals surface area contributed by atoms with Gasteiger partial charge < -0.3 is 5.11 Å². The number of hydrogen-bond acceptors (Lipinski definition) is 3. The number of aryl methyl sites for hydroxylation is 1. The Hall–Kier alpha value is -1.91. The molecule has 0 saturated heterocycles. The standard InChI is InChI=1S/C15H10ClNO2S/c1-8-4-5-20-14(8)13-7-11(15(18)19)10-6-9(16)2-3-12(10)17-13/h2-7H,1H3,(H,18,19). The highest BCUT2D eigenvalue weighted by Crippen LogP contribution is 2.31. The van der Waals surface area contributed by atoms with E-state index >= 15 is 0 Å². The van der Waals surface area contributed by atoms with Gasteiger partial charge in [0.05, 0.1) is 21.7 Å². The lowest BCUT2D eigenvalue weighted by Crippen LogP contribution is -2.00. The van der Waals surface area contributed by atoms with E-state index in [1.807, 2.05) is 18.4 Å². The van der Waals surface area contributed by atoms with Gasteiger partial charge in [-0.1, -0.05) is 11.6 Å². The zero-order valence-corrected chi connectivity index (χ0v) is 12.1. The van der Waals surface area contributed by atoms with Crippen molar-refractivity contribution in [1.82, 2.24) is 4.98 Å². The summed E-state index contributed by atoms with van der Waals surface area (Å²) in [6.07, 6.45) is 0. The van der Waals surface area contributed by atoms with E-state index in [1.54, 1.807) is 35.6 Å². The molecule has 0 unspecified atom stereocenters. The quantitative estimate of drug-likeness (QED) is 0.751. The molecule has 0 aliphatic heterocycles. The summed E-state index contributed by atoms with van der Waals surface area (Å²) in [6, 6.07) is 8.70. The van der Waals surface area contributed by atoms with Gasteiger partial charge in [-0.3, -0.25) is 0 Å². The van der Waals surface area contributed by atoms with Crippen LogP contribution in [0.25, 0.3) is 21.5 Å². The van der Waals surface area contributed by atoms with Gasteiger partial charge in [0.15, 0.2) is 0 Å². The molecule has 0 saturated carbocycles. The lowest BCUT2D eigenvalue weighted by atomic mass is 10.1. The Balaban J connectivity index is 2.34. The number of thiophene rings is 1. The Bertz CT molecular complexity index is 826. The third kappa shape index (κ3) is 2.17. The van der Waals surface area contributed by atoms with Crippen LogP contribution in [0.1, 0.15) is 15.9 Å². The number of aromatic nitrogens is 1. The molecule has 0 amide bonds. The molecule has 1 aromatic carbocycles. The lowest BCUT2D eigenvalue weighted by molar-refractivity contribution is 0.0699. The van der Waals surface area contributed by atoms with Crippen molar-refractivity contribution in [1.29, 1.82) is 0 Å². The molecule has 1 N–H and O–H groups in total. The molecule has 20 heavy (non-hydrogen) atoms. The average Bonchev–Trinajstić information content (AvgIpc) is 2.83. The molecule has 0 spiro atoms. The first-order chi connectivity index (χ1) is 9.56. The van der Waals surface area contributed by atoms with Crippen LogP contribution in [-0.2, 0) is 0 Å². The molecule has 100 valence electrons. The summed E-state index contributed by atoms with van der Waals surface area (Å²) in [6.45, 7) is 1.99. The number of rotatable bonds is 2. The maximum atomic E-state index is 11.5. The van der Waals surface area contributed by atoms with Gasteiger partial charge in [-0.2, -0.15) is 0 Å². The summed E-state index contributed by atoms with van der Waals surface area (Å²) in [5.74, 6) is -0.977. The van der Waals surface area contributed by atoms with Crippen LogP contribution in [0.3, 0.4) is 0 Å². The van der Waals surface area contributed by atoms with Crippen LogP contribution >= 0.6 is 22.9 Å². The smallest absolute Gasteiger partial charge is 0.336 e.